The number of nitrogens with two attached hydrogens (primary N) is 1. The van der Waals surface area contributed by atoms with Crippen LogP contribution in [-0.4, -0.2) is 55.6 Å². The Morgan fingerprint density at radius 2 is 1.75 bits per heavy atom. The van der Waals surface area contributed by atoms with Crippen LogP contribution in [0.15, 0.2) is 0 Å². The molecule has 0 amide bonds. The van der Waals surface area contributed by atoms with Gasteiger partial charge in [-0.1, -0.05) is 13.3 Å². The summed E-state index contributed by atoms with van der Waals surface area (Å²) < 4.78 is 0. The summed E-state index contributed by atoms with van der Waals surface area (Å²) in [4.78, 5) is 5.24. The lowest BCUT2D eigenvalue weighted by molar-refractivity contribution is 0.0932. The molecule has 2 fully saturated rings. The molecule has 0 aromatic rings. The molecular weight excluding hydrogens is 198 g/mol. The molecule has 0 aromatic heterocycles. The third-order valence-electron chi connectivity index (χ3n) is 4.18. The summed E-state index contributed by atoms with van der Waals surface area (Å²) in [7, 11) is 0. The van der Waals surface area contributed by atoms with Crippen molar-refractivity contribution in [3.8, 4) is 0 Å². The first-order valence-corrected chi connectivity index (χ1v) is 6.92. The van der Waals surface area contributed by atoms with Gasteiger partial charge in [-0.3, -0.25) is 0 Å². The van der Waals surface area contributed by atoms with Crippen molar-refractivity contribution < 1.29 is 0 Å². The summed E-state index contributed by atoms with van der Waals surface area (Å²) in [5, 5.41) is 0. The number of hydrogen-bond donors (Lipinski definition) is 1. The van der Waals surface area contributed by atoms with Gasteiger partial charge in [-0.15, -0.1) is 0 Å². The van der Waals surface area contributed by atoms with Gasteiger partial charge >= 0.3 is 0 Å². The zero-order valence-electron chi connectivity index (χ0n) is 10.7. The van der Waals surface area contributed by atoms with Gasteiger partial charge in [-0.2, -0.15) is 0 Å². The van der Waals surface area contributed by atoms with Gasteiger partial charge in [0, 0.05) is 39.3 Å². The molecule has 2 N–H and O–H groups in total. The molecule has 94 valence electrons. The zero-order valence-corrected chi connectivity index (χ0v) is 10.7. The third-order valence-corrected chi connectivity index (χ3v) is 4.18. The van der Waals surface area contributed by atoms with Crippen molar-refractivity contribution >= 4 is 0 Å². The van der Waals surface area contributed by atoms with Crippen molar-refractivity contribution in [3.05, 3.63) is 0 Å². The van der Waals surface area contributed by atoms with Gasteiger partial charge in [0.1, 0.15) is 0 Å². The van der Waals surface area contributed by atoms with E-state index in [1.165, 1.54) is 58.5 Å². The molecule has 1 atom stereocenters. The Balaban J connectivity index is 1.61. The van der Waals surface area contributed by atoms with Crippen LogP contribution in [0.2, 0.25) is 0 Å². The topological polar surface area (TPSA) is 32.5 Å². The average Bonchev–Trinajstić information content (AvgIpc) is 2.25. The lowest BCUT2D eigenvalue weighted by Crippen LogP contribution is -2.49. The van der Waals surface area contributed by atoms with Crippen LogP contribution in [-0.2, 0) is 0 Å². The molecule has 1 aliphatic heterocycles. The Bertz CT molecular complexity index is 181. The molecular formula is C13H27N3. The van der Waals surface area contributed by atoms with Crippen molar-refractivity contribution in [1.29, 1.82) is 0 Å². The molecule has 1 aliphatic carbocycles. The molecule has 0 aromatic carbocycles. The summed E-state index contributed by atoms with van der Waals surface area (Å²) in [6.45, 7) is 10.7. The Hall–Kier alpha value is -0.120. The van der Waals surface area contributed by atoms with Gasteiger partial charge < -0.3 is 15.5 Å². The summed E-state index contributed by atoms with van der Waals surface area (Å²) in [5.41, 5.74) is 5.67. The van der Waals surface area contributed by atoms with E-state index in [2.05, 4.69) is 16.7 Å². The van der Waals surface area contributed by atoms with Crippen LogP contribution in [0.1, 0.15) is 26.2 Å². The second-order valence-electron chi connectivity index (χ2n) is 5.74. The highest BCUT2D eigenvalue weighted by Gasteiger charge is 2.23. The molecule has 2 aliphatic rings. The number of rotatable bonds is 5. The van der Waals surface area contributed by atoms with Crippen LogP contribution in [0.4, 0.5) is 0 Å². The molecule has 0 bridgehead atoms. The SMILES string of the molecule is CC(CN)CN1CCN(CC2CCC2)CC1. The quantitative estimate of drug-likeness (QED) is 0.757. The molecule has 3 nitrogen and oxygen atoms in total. The summed E-state index contributed by atoms with van der Waals surface area (Å²) in [6.07, 6.45) is 4.42. The molecule has 3 heteroatoms. The molecule has 1 heterocycles. The number of hydrogen-bond acceptors (Lipinski definition) is 3. The second kappa shape index (κ2) is 5.99. The van der Waals surface area contributed by atoms with Crippen LogP contribution in [0.5, 0.6) is 0 Å². The number of nitrogens with zero attached hydrogens (tertiary/aromatic N) is 2. The lowest BCUT2D eigenvalue weighted by Gasteiger charge is -2.39. The fraction of sp³-hybridized carbons (Fsp3) is 1.00. The first-order valence-electron chi connectivity index (χ1n) is 6.92. The van der Waals surface area contributed by atoms with E-state index in [9.17, 15) is 0 Å². The first kappa shape index (κ1) is 12.3. The Morgan fingerprint density at radius 1 is 1.12 bits per heavy atom. The van der Waals surface area contributed by atoms with Crippen LogP contribution in [0.3, 0.4) is 0 Å². The van der Waals surface area contributed by atoms with Crippen molar-refractivity contribution in [2.45, 2.75) is 26.2 Å². The average molecular weight is 225 g/mol. The predicted octanol–water partition coefficient (Wildman–Crippen LogP) is 0.999. The Morgan fingerprint density at radius 3 is 2.25 bits per heavy atom. The minimum absolute atomic E-state index is 0.651. The van der Waals surface area contributed by atoms with E-state index in [-0.39, 0.29) is 0 Å². The highest BCUT2D eigenvalue weighted by Crippen LogP contribution is 2.27. The molecule has 2 rings (SSSR count). The normalized spacial score (nSPS) is 26.6. The third kappa shape index (κ3) is 3.44. The second-order valence-corrected chi connectivity index (χ2v) is 5.74. The highest BCUT2D eigenvalue weighted by molar-refractivity contribution is 4.78. The minimum Gasteiger partial charge on any atom is -0.330 e. The molecule has 16 heavy (non-hydrogen) atoms. The van der Waals surface area contributed by atoms with Crippen molar-refractivity contribution in [2.75, 3.05) is 45.8 Å². The maximum atomic E-state index is 5.67. The Kier molecular flexibility index (Phi) is 4.62. The fourth-order valence-electron chi connectivity index (χ4n) is 2.71. The largest absolute Gasteiger partial charge is 0.330 e. The van der Waals surface area contributed by atoms with E-state index in [1.54, 1.807) is 0 Å². The van der Waals surface area contributed by atoms with E-state index in [0.717, 1.165) is 12.5 Å². The maximum Gasteiger partial charge on any atom is 0.0110 e. The van der Waals surface area contributed by atoms with Crippen molar-refractivity contribution in [1.82, 2.24) is 9.80 Å². The van der Waals surface area contributed by atoms with Crippen LogP contribution in [0.25, 0.3) is 0 Å². The molecule has 1 unspecified atom stereocenters. The van der Waals surface area contributed by atoms with Gasteiger partial charge in [0.05, 0.1) is 0 Å². The number of piperazine rings is 1. The van der Waals surface area contributed by atoms with E-state index < -0.39 is 0 Å². The lowest BCUT2D eigenvalue weighted by atomic mass is 9.85. The van der Waals surface area contributed by atoms with E-state index in [4.69, 9.17) is 5.73 Å². The minimum atomic E-state index is 0.651. The van der Waals surface area contributed by atoms with E-state index in [1.807, 2.05) is 0 Å². The Labute approximate surface area is 100.0 Å². The standard InChI is InChI=1S/C13H27N3/c1-12(9-14)10-15-5-7-16(8-6-15)11-13-3-2-4-13/h12-13H,2-11,14H2,1H3. The van der Waals surface area contributed by atoms with Crippen LogP contribution < -0.4 is 5.73 Å². The van der Waals surface area contributed by atoms with Gasteiger partial charge in [0.15, 0.2) is 0 Å². The first-order chi connectivity index (χ1) is 7.78. The highest BCUT2D eigenvalue weighted by atomic mass is 15.3. The predicted molar refractivity (Wildman–Crippen MR) is 68.4 cm³/mol. The monoisotopic (exact) mass is 225 g/mol. The molecule has 1 saturated carbocycles. The van der Waals surface area contributed by atoms with Gasteiger partial charge in [-0.05, 0) is 31.2 Å². The van der Waals surface area contributed by atoms with Crippen molar-refractivity contribution in [3.63, 3.8) is 0 Å². The maximum absolute atomic E-state index is 5.67. The van der Waals surface area contributed by atoms with Gasteiger partial charge in [-0.25, -0.2) is 0 Å². The van der Waals surface area contributed by atoms with Gasteiger partial charge in [0.25, 0.3) is 0 Å². The van der Waals surface area contributed by atoms with Crippen LogP contribution >= 0.6 is 0 Å². The molecule has 0 radical (unpaired) electrons. The summed E-state index contributed by atoms with van der Waals surface area (Å²) in [6, 6.07) is 0. The smallest absolute Gasteiger partial charge is 0.0110 e. The van der Waals surface area contributed by atoms with Crippen LogP contribution in [0, 0.1) is 11.8 Å². The molecule has 1 saturated heterocycles. The van der Waals surface area contributed by atoms with Gasteiger partial charge in [0.2, 0.25) is 0 Å². The fourth-order valence-corrected chi connectivity index (χ4v) is 2.71. The molecule has 0 spiro atoms. The van der Waals surface area contributed by atoms with Crippen molar-refractivity contribution in [2.24, 2.45) is 17.6 Å². The summed E-state index contributed by atoms with van der Waals surface area (Å²) >= 11 is 0. The van der Waals surface area contributed by atoms with E-state index >= 15 is 0 Å². The summed E-state index contributed by atoms with van der Waals surface area (Å²) in [5.74, 6) is 1.67. The zero-order chi connectivity index (χ0) is 11.4. The van der Waals surface area contributed by atoms with E-state index in [0.29, 0.717) is 5.92 Å².